The number of hydrogen-bond donors (Lipinski definition) is 1. The standard InChI is InChI=1S/C12H14ClNO4/c1-9(14-12(16)18-8-13)11(15)17-7-10-5-3-2-4-6-10/h2-6,9H,7-8H2,1H3,(H,14,16)/t9-/m0/s1. The fourth-order valence-electron chi connectivity index (χ4n) is 1.18. The van der Waals surface area contributed by atoms with Crippen LogP contribution in [0.1, 0.15) is 12.5 Å². The molecular weight excluding hydrogens is 258 g/mol. The van der Waals surface area contributed by atoms with Gasteiger partial charge in [0, 0.05) is 0 Å². The minimum Gasteiger partial charge on any atom is -0.459 e. The summed E-state index contributed by atoms with van der Waals surface area (Å²) in [5, 5.41) is 2.30. The summed E-state index contributed by atoms with van der Waals surface area (Å²) in [6.45, 7) is 1.67. The van der Waals surface area contributed by atoms with E-state index < -0.39 is 18.1 Å². The van der Waals surface area contributed by atoms with Crippen LogP contribution in [-0.4, -0.2) is 24.2 Å². The molecule has 0 aliphatic heterocycles. The number of rotatable bonds is 5. The molecule has 0 radical (unpaired) electrons. The SMILES string of the molecule is C[C@H](NC(=O)OCCl)C(=O)OCc1ccccc1. The van der Waals surface area contributed by atoms with Crippen LogP contribution in [0.25, 0.3) is 0 Å². The van der Waals surface area contributed by atoms with Crippen LogP contribution in [0, 0.1) is 0 Å². The second kappa shape index (κ2) is 7.55. The van der Waals surface area contributed by atoms with Gasteiger partial charge in [0.2, 0.25) is 0 Å². The van der Waals surface area contributed by atoms with E-state index in [1.165, 1.54) is 6.92 Å². The predicted molar refractivity (Wildman–Crippen MR) is 66.0 cm³/mol. The molecule has 0 saturated heterocycles. The second-order valence-electron chi connectivity index (χ2n) is 3.50. The summed E-state index contributed by atoms with van der Waals surface area (Å²) in [5.74, 6) is -0.537. The van der Waals surface area contributed by atoms with E-state index in [2.05, 4.69) is 10.1 Å². The molecule has 0 aliphatic rings. The molecular formula is C12H14ClNO4. The molecule has 0 heterocycles. The van der Waals surface area contributed by atoms with Crippen LogP contribution in [0.2, 0.25) is 0 Å². The number of carbonyl (C=O) groups is 2. The third-order valence-corrected chi connectivity index (χ3v) is 2.21. The number of amides is 1. The first kappa shape index (κ1) is 14.3. The zero-order valence-electron chi connectivity index (χ0n) is 9.89. The van der Waals surface area contributed by atoms with E-state index in [1.54, 1.807) is 0 Å². The summed E-state index contributed by atoms with van der Waals surface area (Å²) < 4.78 is 9.46. The van der Waals surface area contributed by atoms with Gasteiger partial charge in [0.05, 0.1) is 0 Å². The Balaban J connectivity index is 2.34. The average molecular weight is 272 g/mol. The molecule has 0 unspecified atom stereocenters. The van der Waals surface area contributed by atoms with Gasteiger partial charge in [-0.3, -0.25) is 0 Å². The molecule has 1 atom stereocenters. The lowest BCUT2D eigenvalue weighted by Gasteiger charge is -2.12. The Kier molecular flexibility index (Phi) is 6.00. The van der Waals surface area contributed by atoms with Crippen LogP contribution in [0.5, 0.6) is 0 Å². The van der Waals surface area contributed by atoms with E-state index in [-0.39, 0.29) is 12.7 Å². The van der Waals surface area contributed by atoms with E-state index >= 15 is 0 Å². The van der Waals surface area contributed by atoms with Crippen LogP contribution in [0.4, 0.5) is 4.79 Å². The molecule has 5 nitrogen and oxygen atoms in total. The predicted octanol–water partition coefficient (Wildman–Crippen LogP) is 2.04. The number of hydrogen-bond acceptors (Lipinski definition) is 4. The molecule has 6 heteroatoms. The number of nitrogens with one attached hydrogen (secondary N) is 1. The van der Waals surface area contributed by atoms with Gasteiger partial charge in [0.15, 0.2) is 6.07 Å². The van der Waals surface area contributed by atoms with Crippen LogP contribution in [0.3, 0.4) is 0 Å². The lowest BCUT2D eigenvalue weighted by Crippen LogP contribution is -2.39. The fourth-order valence-corrected chi connectivity index (χ4v) is 1.28. The number of esters is 1. The van der Waals surface area contributed by atoms with Crippen LogP contribution in [-0.2, 0) is 20.9 Å². The second-order valence-corrected chi connectivity index (χ2v) is 3.72. The largest absolute Gasteiger partial charge is 0.459 e. The summed E-state index contributed by atoms with van der Waals surface area (Å²) in [7, 11) is 0. The molecule has 0 aromatic heterocycles. The van der Waals surface area contributed by atoms with Crippen LogP contribution in [0.15, 0.2) is 30.3 Å². The third-order valence-electron chi connectivity index (χ3n) is 2.10. The van der Waals surface area contributed by atoms with E-state index in [9.17, 15) is 9.59 Å². The lowest BCUT2D eigenvalue weighted by molar-refractivity contribution is -0.146. The maximum Gasteiger partial charge on any atom is 0.409 e. The van der Waals surface area contributed by atoms with Crippen molar-refractivity contribution in [2.24, 2.45) is 0 Å². The van der Waals surface area contributed by atoms with Gasteiger partial charge in [0.25, 0.3) is 0 Å². The third kappa shape index (κ3) is 5.05. The quantitative estimate of drug-likeness (QED) is 0.657. The average Bonchev–Trinajstić information content (AvgIpc) is 2.37. The number of benzene rings is 1. The number of carbonyl (C=O) groups excluding carboxylic acids is 2. The summed E-state index contributed by atoms with van der Waals surface area (Å²) >= 11 is 5.20. The van der Waals surface area contributed by atoms with Gasteiger partial charge in [-0.25, -0.2) is 9.59 Å². The molecule has 1 N–H and O–H groups in total. The molecule has 1 amide bonds. The minimum atomic E-state index is -0.788. The zero-order chi connectivity index (χ0) is 13.4. The monoisotopic (exact) mass is 271 g/mol. The minimum absolute atomic E-state index is 0.163. The smallest absolute Gasteiger partial charge is 0.409 e. The molecule has 0 bridgehead atoms. The molecule has 0 aliphatic carbocycles. The summed E-state index contributed by atoms with van der Waals surface area (Å²) in [6, 6.07) is 8.20. The normalized spacial score (nSPS) is 11.4. The summed E-state index contributed by atoms with van der Waals surface area (Å²) in [5.41, 5.74) is 0.876. The first-order valence-corrected chi connectivity index (χ1v) is 5.86. The Morgan fingerprint density at radius 2 is 1.94 bits per heavy atom. The van der Waals surface area contributed by atoms with Crippen molar-refractivity contribution in [2.75, 3.05) is 6.07 Å². The zero-order valence-corrected chi connectivity index (χ0v) is 10.6. The van der Waals surface area contributed by atoms with Gasteiger partial charge in [-0.2, -0.15) is 0 Å². The van der Waals surface area contributed by atoms with Crippen molar-refractivity contribution in [1.82, 2.24) is 5.32 Å². The fraction of sp³-hybridized carbons (Fsp3) is 0.333. The van der Waals surface area contributed by atoms with E-state index in [0.29, 0.717) is 0 Å². The molecule has 0 saturated carbocycles. The summed E-state index contributed by atoms with van der Waals surface area (Å²) in [6.07, 6.45) is -0.755. The van der Waals surface area contributed by atoms with Crippen molar-refractivity contribution in [3.8, 4) is 0 Å². The number of ether oxygens (including phenoxy) is 2. The lowest BCUT2D eigenvalue weighted by atomic mass is 10.2. The molecule has 0 spiro atoms. The van der Waals surface area contributed by atoms with Crippen molar-refractivity contribution in [1.29, 1.82) is 0 Å². The highest BCUT2D eigenvalue weighted by Gasteiger charge is 2.17. The van der Waals surface area contributed by atoms with Gasteiger partial charge in [-0.15, -0.1) is 0 Å². The first-order valence-electron chi connectivity index (χ1n) is 5.33. The first-order chi connectivity index (χ1) is 8.63. The van der Waals surface area contributed by atoms with Crippen molar-refractivity contribution >= 4 is 23.7 Å². The highest BCUT2D eigenvalue weighted by Crippen LogP contribution is 2.01. The van der Waals surface area contributed by atoms with Crippen molar-refractivity contribution < 1.29 is 19.1 Å². The van der Waals surface area contributed by atoms with Gasteiger partial charge in [-0.05, 0) is 12.5 Å². The molecule has 18 heavy (non-hydrogen) atoms. The van der Waals surface area contributed by atoms with Crippen LogP contribution < -0.4 is 5.32 Å². The van der Waals surface area contributed by atoms with Gasteiger partial charge in [-0.1, -0.05) is 41.9 Å². The molecule has 0 fully saturated rings. The topological polar surface area (TPSA) is 64.6 Å². The highest BCUT2D eigenvalue weighted by molar-refractivity contribution is 6.17. The highest BCUT2D eigenvalue weighted by atomic mass is 35.5. The van der Waals surface area contributed by atoms with Crippen molar-refractivity contribution in [3.05, 3.63) is 35.9 Å². The molecule has 1 aromatic carbocycles. The van der Waals surface area contributed by atoms with Gasteiger partial charge < -0.3 is 14.8 Å². The van der Waals surface area contributed by atoms with E-state index in [4.69, 9.17) is 16.3 Å². The Hall–Kier alpha value is -1.75. The Bertz CT molecular complexity index is 396. The Morgan fingerprint density at radius 1 is 1.28 bits per heavy atom. The van der Waals surface area contributed by atoms with Crippen LogP contribution >= 0.6 is 11.6 Å². The van der Waals surface area contributed by atoms with Crippen molar-refractivity contribution in [3.63, 3.8) is 0 Å². The van der Waals surface area contributed by atoms with Gasteiger partial charge in [0.1, 0.15) is 12.6 Å². The maximum atomic E-state index is 11.5. The van der Waals surface area contributed by atoms with Crippen molar-refractivity contribution in [2.45, 2.75) is 19.6 Å². The number of alkyl halides is 1. The Morgan fingerprint density at radius 3 is 2.56 bits per heavy atom. The van der Waals surface area contributed by atoms with E-state index in [0.717, 1.165) is 5.56 Å². The molecule has 1 rings (SSSR count). The molecule has 98 valence electrons. The Labute approximate surface area is 110 Å². The number of halogens is 1. The maximum absolute atomic E-state index is 11.5. The molecule has 1 aromatic rings. The van der Waals surface area contributed by atoms with E-state index in [1.807, 2.05) is 30.3 Å². The van der Waals surface area contributed by atoms with Gasteiger partial charge >= 0.3 is 12.1 Å². The number of alkyl carbamates (subject to hydrolysis) is 1. The summed E-state index contributed by atoms with van der Waals surface area (Å²) in [4.78, 5) is 22.5.